The van der Waals surface area contributed by atoms with Crippen LogP contribution < -0.4 is 10.6 Å². The Morgan fingerprint density at radius 3 is 2.67 bits per heavy atom. The summed E-state index contributed by atoms with van der Waals surface area (Å²) in [6, 6.07) is 0.427. The molecular weight excluding hydrogens is 114 g/mol. The summed E-state index contributed by atoms with van der Waals surface area (Å²) in [5.41, 5.74) is 0. The molecule has 0 aliphatic carbocycles. The monoisotopic (exact) mass is 125 g/mol. The van der Waals surface area contributed by atoms with Crippen molar-refractivity contribution in [3.8, 4) is 6.19 Å². The lowest BCUT2D eigenvalue weighted by Crippen LogP contribution is -2.37. The first-order valence-electron chi connectivity index (χ1n) is 3.29. The van der Waals surface area contributed by atoms with E-state index in [4.69, 9.17) is 5.26 Å². The molecular formula is C6H11N3. The minimum Gasteiger partial charge on any atom is -0.321 e. The van der Waals surface area contributed by atoms with Gasteiger partial charge >= 0.3 is 0 Å². The van der Waals surface area contributed by atoms with Crippen LogP contribution in [-0.2, 0) is 0 Å². The maximum absolute atomic E-state index is 8.24. The number of piperidine rings is 1. The average molecular weight is 125 g/mol. The van der Waals surface area contributed by atoms with Gasteiger partial charge in [0.1, 0.15) is 0 Å². The third-order valence-electron chi connectivity index (χ3n) is 1.61. The summed E-state index contributed by atoms with van der Waals surface area (Å²) in [6.45, 7) is 2.08. The summed E-state index contributed by atoms with van der Waals surface area (Å²) in [6.07, 6.45) is 4.11. The molecule has 3 nitrogen and oxygen atoms in total. The van der Waals surface area contributed by atoms with E-state index in [0.29, 0.717) is 6.04 Å². The number of nitrogens with zero attached hydrogens (tertiary/aromatic N) is 1. The molecule has 0 aromatic rings. The van der Waals surface area contributed by atoms with Gasteiger partial charge in [0.15, 0.2) is 6.19 Å². The Hall–Kier alpha value is -0.750. The van der Waals surface area contributed by atoms with Crippen LogP contribution in [0.3, 0.4) is 0 Å². The predicted octanol–water partition coefficient (Wildman–Crippen LogP) is -0.191. The van der Waals surface area contributed by atoms with Crippen molar-refractivity contribution < 1.29 is 0 Å². The molecule has 0 amide bonds. The first-order chi connectivity index (χ1) is 4.43. The van der Waals surface area contributed by atoms with Gasteiger partial charge in [-0.15, -0.1) is 0 Å². The number of hydrogen-bond donors (Lipinski definition) is 2. The van der Waals surface area contributed by atoms with Crippen molar-refractivity contribution >= 4 is 0 Å². The number of hydrogen-bond acceptors (Lipinski definition) is 3. The molecule has 2 N–H and O–H groups in total. The highest BCUT2D eigenvalue weighted by molar-refractivity contribution is 4.80. The van der Waals surface area contributed by atoms with Gasteiger partial charge in [-0.3, -0.25) is 0 Å². The molecule has 1 aliphatic heterocycles. The molecule has 1 aliphatic rings. The molecule has 0 bridgehead atoms. The maximum Gasteiger partial charge on any atom is 0.176 e. The number of rotatable bonds is 1. The van der Waals surface area contributed by atoms with E-state index in [9.17, 15) is 0 Å². The highest BCUT2D eigenvalue weighted by atomic mass is 15.0. The maximum atomic E-state index is 8.24. The lowest BCUT2D eigenvalue weighted by Gasteiger charge is -2.20. The largest absolute Gasteiger partial charge is 0.321 e. The quantitative estimate of drug-likeness (QED) is 0.377. The lowest BCUT2D eigenvalue weighted by atomic mass is 10.1. The molecule has 0 saturated carbocycles. The van der Waals surface area contributed by atoms with Gasteiger partial charge in [0.25, 0.3) is 0 Å². The molecule has 0 aromatic heterocycles. The number of nitriles is 1. The molecule has 0 atom stereocenters. The summed E-state index contributed by atoms with van der Waals surface area (Å²) in [5.74, 6) is 0. The van der Waals surface area contributed by atoms with Crippen molar-refractivity contribution in [1.82, 2.24) is 10.6 Å². The van der Waals surface area contributed by atoms with E-state index < -0.39 is 0 Å². The fraction of sp³-hybridized carbons (Fsp3) is 0.833. The molecule has 3 heteroatoms. The van der Waals surface area contributed by atoms with Gasteiger partial charge in [-0.25, -0.2) is 0 Å². The topological polar surface area (TPSA) is 47.9 Å². The van der Waals surface area contributed by atoms with Crippen molar-refractivity contribution in [2.75, 3.05) is 13.1 Å². The number of nitrogens with one attached hydrogen (secondary N) is 2. The van der Waals surface area contributed by atoms with Crippen LogP contribution in [0.5, 0.6) is 0 Å². The van der Waals surface area contributed by atoms with Gasteiger partial charge in [-0.05, 0) is 25.9 Å². The normalized spacial score (nSPS) is 20.8. The van der Waals surface area contributed by atoms with Crippen LogP contribution in [0.2, 0.25) is 0 Å². The summed E-state index contributed by atoms with van der Waals surface area (Å²) in [4.78, 5) is 0. The van der Waals surface area contributed by atoms with E-state index in [2.05, 4.69) is 10.6 Å². The SMILES string of the molecule is N#CNC1CCNCC1. The van der Waals surface area contributed by atoms with E-state index in [1.165, 1.54) is 0 Å². The van der Waals surface area contributed by atoms with Crippen molar-refractivity contribution in [2.45, 2.75) is 18.9 Å². The van der Waals surface area contributed by atoms with Crippen molar-refractivity contribution in [3.63, 3.8) is 0 Å². The molecule has 0 aromatic carbocycles. The van der Waals surface area contributed by atoms with Crippen molar-refractivity contribution in [3.05, 3.63) is 0 Å². The van der Waals surface area contributed by atoms with Crippen molar-refractivity contribution in [1.29, 1.82) is 5.26 Å². The molecule has 50 valence electrons. The summed E-state index contributed by atoms with van der Waals surface area (Å²) in [5, 5.41) is 14.2. The highest BCUT2D eigenvalue weighted by Gasteiger charge is 2.10. The van der Waals surface area contributed by atoms with Gasteiger partial charge in [0.05, 0.1) is 0 Å². The third kappa shape index (κ3) is 1.90. The fourth-order valence-corrected chi connectivity index (χ4v) is 1.06. The molecule has 1 fully saturated rings. The average Bonchev–Trinajstić information content (AvgIpc) is 1.91. The summed E-state index contributed by atoms with van der Waals surface area (Å²) in [7, 11) is 0. The minimum atomic E-state index is 0.427. The zero-order valence-corrected chi connectivity index (χ0v) is 5.35. The Balaban J connectivity index is 2.17. The zero-order valence-electron chi connectivity index (χ0n) is 5.35. The molecule has 0 spiro atoms. The molecule has 1 heterocycles. The van der Waals surface area contributed by atoms with Gasteiger partial charge < -0.3 is 10.6 Å². The minimum absolute atomic E-state index is 0.427. The van der Waals surface area contributed by atoms with E-state index in [0.717, 1.165) is 25.9 Å². The van der Waals surface area contributed by atoms with Crippen LogP contribution in [0.1, 0.15) is 12.8 Å². The Labute approximate surface area is 55.1 Å². The summed E-state index contributed by atoms with van der Waals surface area (Å²) < 4.78 is 0. The van der Waals surface area contributed by atoms with Crippen LogP contribution >= 0.6 is 0 Å². The van der Waals surface area contributed by atoms with Crippen LogP contribution in [-0.4, -0.2) is 19.1 Å². The second-order valence-electron chi connectivity index (χ2n) is 2.28. The van der Waals surface area contributed by atoms with Crippen LogP contribution in [0, 0.1) is 11.5 Å². The van der Waals surface area contributed by atoms with Crippen LogP contribution in [0.25, 0.3) is 0 Å². The summed E-state index contributed by atoms with van der Waals surface area (Å²) >= 11 is 0. The van der Waals surface area contributed by atoms with Crippen LogP contribution in [0.4, 0.5) is 0 Å². The Bertz CT molecular complexity index is 110. The predicted molar refractivity (Wildman–Crippen MR) is 34.6 cm³/mol. The smallest absolute Gasteiger partial charge is 0.176 e. The van der Waals surface area contributed by atoms with Gasteiger partial charge in [-0.2, -0.15) is 5.26 Å². The van der Waals surface area contributed by atoms with Gasteiger partial charge in [0, 0.05) is 6.04 Å². The van der Waals surface area contributed by atoms with Gasteiger partial charge in [0.2, 0.25) is 0 Å². The second kappa shape index (κ2) is 3.31. The lowest BCUT2D eigenvalue weighted by molar-refractivity contribution is 0.423. The molecule has 0 unspecified atom stereocenters. The van der Waals surface area contributed by atoms with Crippen LogP contribution in [0.15, 0.2) is 0 Å². The Morgan fingerprint density at radius 1 is 1.44 bits per heavy atom. The highest BCUT2D eigenvalue weighted by Crippen LogP contribution is 1.99. The molecule has 1 saturated heterocycles. The fourth-order valence-electron chi connectivity index (χ4n) is 1.06. The Kier molecular flexibility index (Phi) is 2.34. The second-order valence-corrected chi connectivity index (χ2v) is 2.28. The molecule has 9 heavy (non-hydrogen) atoms. The third-order valence-corrected chi connectivity index (χ3v) is 1.61. The van der Waals surface area contributed by atoms with E-state index in [1.807, 2.05) is 6.19 Å². The first kappa shape index (κ1) is 6.37. The molecule has 1 rings (SSSR count). The Morgan fingerprint density at radius 2 is 2.11 bits per heavy atom. The molecule has 0 radical (unpaired) electrons. The van der Waals surface area contributed by atoms with E-state index in [-0.39, 0.29) is 0 Å². The van der Waals surface area contributed by atoms with Gasteiger partial charge in [-0.1, -0.05) is 0 Å². The zero-order chi connectivity index (χ0) is 6.53. The van der Waals surface area contributed by atoms with Crippen molar-refractivity contribution in [2.24, 2.45) is 0 Å². The first-order valence-corrected chi connectivity index (χ1v) is 3.29. The standard InChI is InChI=1S/C6H11N3/c7-5-9-6-1-3-8-4-2-6/h6,8-9H,1-4H2. The van der Waals surface area contributed by atoms with E-state index in [1.54, 1.807) is 0 Å². The van der Waals surface area contributed by atoms with E-state index >= 15 is 0 Å².